The van der Waals surface area contributed by atoms with E-state index in [1.165, 1.54) is 17.2 Å². The summed E-state index contributed by atoms with van der Waals surface area (Å²) in [6.45, 7) is 0.927. The van der Waals surface area contributed by atoms with Gasteiger partial charge >= 0.3 is 0 Å². The number of amides is 1. The summed E-state index contributed by atoms with van der Waals surface area (Å²) in [6, 6.07) is 3.57. The molecule has 2 heterocycles. The number of carbonyl (C=O) groups is 1. The zero-order chi connectivity index (χ0) is 16.6. The lowest BCUT2D eigenvalue weighted by Crippen LogP contribution is -2.45. The summed E-state index contributed by atoms with van der Waals surface area (Å²) < 4.78 is 27.6. The Bertz CT molecular complexity index is 718. The Hall–Kier alpha value is -2.35. The molecule has 1 aromatic carbocycles. The topological polar surface area (TPSA) is 71.2 Å². The number of benzene rings is 1. The lowest BCUT2D eigenvalue weighted by atomic mass is 10.1. The molecule has 1 atom stereocenters. The van der Waals surface area contributed by atoms with Crippen molar-refractivity contribution in [1.82, 2.24) is 19.9 Å². The highest BCUT2D eigenvalue weighted by atomic mass is 19.3. The Kier molecular flexibility index (Phi) is 3.85. The van der Waals surface area contributed by atoms with Crippen LogP contribution < -0.4 is 0 Å². The number of aliphatic hydroxyl groups excluding tert-OH is 1. The molecule has 23 heavy (non-hydrogen) atoms. The van der Waals surface area contributed by atoms with Crippen LogP contribution >= 0.6 is 0 Å². The third-order valence-corrected chi connectivity index (χ3v) is 4.00. The van der Waals surface area contributed by atoms with Crippen LogP contribution in [0.1, 0.15) is 22.3 Å². The van der Waals surface area contributed by atoms with Crippen LogP contribution in [0.15, 0.2) is 30.6 Å². The number of hydrogen-bond acceptors (Lipinski definition) is 4. The molecule has 1 saturated heterocycles. The van der Waals surface area contributed by atoms with Gasteiger partial charge in [-0.2, -0.15) is 15.0 Å². The lowest BCUT2D eigenvalue weighted by molar-refractivity contribution is -0.0467. The average molecular weight is 322 g/mol. The van der Waals surface area contributed by atoms with E-state index in [0.29, 0.717) is 5.69 Å². The van der Waals surface area contributed by atoms with E-state index in [1.807, 2.05) is 0 Å². The number of aliphatic hydroxyl groups is 1. The minimum atomic E-state index is -3.08. The molecular formula is C15H16F2N4O2. The molecule has 6 nitrogen and oxygen atoms in total. The first-order valence-corrected chi connectivity index (χ1v) is 7.21. The first kappa shape index (κ1) is 15.5. The maximum atomic E-state index is 13.8. The quantitative estimate of drug-likeness (QED) is 0.928. The molecule has 122 valence electrons. The third-order valence-electron chi connectivity index (χ3n) is 4.00. The van der Waals surface area contributed by atoms with Crippen LogP contribution in [0.2, 0.25) is 0 Å². The van der Waals surface area contributed by atoms with Gasteiger partial charge in [0, 0.05) is 13.0 Å². The minimum Gasteiger partial charge on any atom is -0.394 e. The normalized spacial score (nSPS) is 20.0. The zero-order valence-corrected chi connectivity index (χ0v) is 12.5. The molecule has 3 rings (SSSR count). The van der Waals surface area contributed by atoms with Gasteiger partial charge < -0.3 is 10.0 Å². The second-order valence-electron chi connectivity index (χ2n) is 5.55. The number of aryl methyl sites for hydroxylation is 1. The van der Waals surface area contributed by atoms with E-state index in [9.17, 15) is 18.7 Å². The molecule has 0 saturated carbocycles. The van der Waals surface area contributed by atoms with Crippen molar-refractivity contribution in [3.8, 4) is 5.69 Å². The third kappa shape index (κ3) is 2.70. The van der Waals surface area contributed by atoms with E-state index < -0.39 is 30.9 Å². The molecular weight excluding hydrogens is 306 g/mol. The van der Waals surface area contributed by atoms with E-state index in [4.69, 9.17) is 0 Å². The molecule has 0 aliphatic carbocycles. The van der Waals surface area contributed by atoms with Crippen molar-refractivity contribution in [2.75, 3.05) is 13.2 Å². The Balaban J connectivity index is 2.02. The van der Waals surface area contributed by atoms with Gasteiger partial charge in [0.25, 0.3) is 11.8 Å². The van der Waals surface area contributed by atoms with Crippen molar-refractivity contribution >= 4 is 5.91 Å². The van der Waals surface area contributed by atoms with Crippen LogP contribution in [-0.2, 0) is 0 Å². The summed E-state index contributed by atoms with van der Waals surface area (Å²) in [5.74, 6) is -3.64. The van der Waals surface area contributed by atoms with Crippen molar-refractivity contribution in [2.45, 2.75) is 25.3 Å². The largest absolute Gasteiger partial charge is 0.394 e. The van der Waals surface area contributed by atoms with Crippen molar-refractivity contribution in [3.05, 3.63) is 41.7 Å². The van der Waals surface area contributed by atoms with E-state index >= 15 is 0 Å². The molecule has 8 heteroatoms. The maximum absolute atomic E-state index is 13.8. The van der Waals surface area contributed by atoms with Gasteiger partial charge in [-0.15, -0.1) is 0 Å². The molecule has 1 aliphatic rings. The van der Waals surface area contributed by atoms with Gasteiger partial charge in [-0.05, 0) is 19.1 Å². The zero-order valence-electron chi connectivity index (χ0n) is 12.5. The van der Waals surface area contributed by atoms with Gasteiger partial charge in [-0.1, -0.05) is 11.6 Å². The number of alkyl halides is 2. The first-order valence-electron chi connectivity index (χ1n) is 7.21. The summed E-state index contributed by atoms with van der Waals surface area (Å²) in [6.07, 6.45) is 2.48. The van der Waals surface area contributed by atoms with Crippen LogP contribution in [0, 0.1) is 6.92 Å². The van der Waals surface area contributed by atoms with Crippen LogP contribution in [0.25, 0.3) is 5.69 Å². The molecule has 1 fully saturated rings. The van der Waals surface area contributed by atoms with E-state index in [1.54, 1.807) is 25.1 Å². The highest BCUT2D eigenvalue weighted by molar-refractivity contribution is 5.98. The van der Waals surface area contributed by atoms with E-state index in [2.05, 4.69) is 10.2 Å². The summed E-state index contributed by atoms with van der Waals surface area (Å²) in [4.78, 5) is 15.1. The Labute approximate surface area is 131 Å². The van der Waals surface area contributed by atoms with Gasteiger partial charge in [0.05, 0.1) is 30.3 Å². The number of hydrogen-bond donors (Lipinski definition) is 1. The number of halogens is 2. The van der Waals surface area contributed by atoms with Gasteiger partial charge in [0.2, 0.25) is 0 Å². The molecule has 1 unspecified atom stereocenters. The molecule has 2 aromatic rings. The maximum Gasteiger partial charge on any atom is 0.272 e. The predicted molar refractivity (Wildman–Crippen MR) is 77.6 cm³/mol. The average Bonchev–Trinajstić information content (AvgIpc) is 3.13. The van der Waals surface area contributed by atoms with Gasteiger partial charge in [-0.3, -0.25) is 4.79 Å². The van der Waals surface area contributed by atoms with Crippen LogP contribution in [-0.4, -0.2) is 56.0 Å². The van der Waals surface area contributed by atoms with Gasteiger partial charge in [0.15, 0.2) is 0 Å². The highest BCUT2D eigenvalue weighted by Crippen LogP contribution is 2.35. The minimum absolute atomic E-state index is 0.100. The fourth-order valence-electron chi connectivity index (χ4n) is 2.79. The number of aromatic nitrogens is 3. The molecule has 0 radical (unpaired) electrons. The predicted octanol–water partition coefficient (Wildman–Crippen LogP) is 1.42. The monoisotopic (exact) mass is 322 g/mol. The number of carbonyl (C=O) groups excluding carboxylic acids is 1. The van der Waals surface area contributed by atoms with E-state index in [-0.39, 0.29) is 12.1 Å². The highest BCUT2D eigenvalue weighted by Gasteiger charge is 2.50. The van der Waals surface area contributed by atoms with Crippen molar-refractivity contribution in [3.63, 3.8) is 0 Å². The van der Waals surface area contributed by atoms with Crippen molar-refractivity contribution in [2.24, 2.45) is 0 Å². The first-order chi connectivity index (χ1) is 10.9. The van der Waals surface area contributed by atoms with Crippen molar-refractivity contribution < 1.29 is 18.7 Å². The number of nitrogens with zero attached hydrogens (tertiary/aromatic N) is 4. The molecule has 1 N–H and O–H groups in total. The van der Waals surface area contributed by atoms with E-state index in [0.717, 1.165) is 10.5 Å². The summed E-state index contributed by atoms with van der Waals surface area (Å²) >= 11 is 0. The molecule has 1 aliphatic heterocycles. The summed E-state index contributed by atoms with van der Waals surface area (Å²) in [7, 11) is 0. The standard InChI is InChI=1S/C15H16F2N4O2/c1-10-2-3-12(21-18-5-6-19-21)11(8-10)14(23)20-7-4-15(16,17)13(20)9-22/h2-3,5-6,8,13,22H,4,7,9H2,1H3. The Morgan fingerprint density at radius 2 is 2.09 bits per heavy atom. The summed E-state index contributed by atoms with van der Waals surface area (Å²) in [5, 5.41) is 17.3. The Morgan fingerprint density at radius 1 is 1.39 bits per heavy atom. The van der Waals surface area contributed by atoms with Crippen molar-refractivity contribution in [1.29, 1.82) is 0 Å². The molecule has 1 amide bonds. The second kappa shape index (κ2) is 5.69. The number of rotatable bonds is 3. The lowest BCUT2D eigenvalue weighted by Gasteiger charge is -2.26. The molecule has 0 bridgehead atoms. The smallest absolute Gasteiger partial charge is 0.272 e. The molecule has 1 aromatic heterocycles. The second-order valence-corrected chi connectivity index (χ2v) is 5.55. The SMILES string of the molecule is Cc1ccc(-n2nccn2)c(C(=O)N2CCC(F)(F)C2CO)c1. The van der Waals surface area contributed by atoms with Crippen LogP contribution in [0.5, 0.6) is 0 Å². The number of likely N-dealkylation sites (tertiary alicyclic amines) is 1. The van der Waals surface area contributed by atoms with Crippen LogP contribution in [0.4, 0.5) is 8.78 Å². The van der Waals surface area contributed by atoms with Crippen LogP contribution in [0.3, 0.4) is 0 Å². The van der Waals surface area contributed by atoms with Gasteiger partial charge in [0.1, 0.15) is 6.04 Å². The summed E-state index contributed by atoms with van der Waals surface area (Å²) in [5.41, 5.74) is 1.46. The fraction of sp³-hybridized carbons (Fsp3) is 0.400. The van der Waals surface area contributed by atoms with Gasteiger partial charge in [-0.25, -0.2) is 8.78 Å². The fourth-order valence-corrected chi connectivity index (χ4v) is 2.79. The Morgan fingerprint density at radius 3 is 2.74 bits per heavy atom. The molecule has 0 spiro atoms.